The number of hydrogen-bond acceptors (Lipinski definition) is 3. The van der Waals surface area contributed by atoms with E-state index < -0.39 is 0 Å². The summed E-state index contributed by atoms with van der Waals surface area (Å²) in [4.78, 5) is 23.4. The van der Waals surface area contributed by atoms with Crippen LogP contribution in [0.4, 0.5) is 0 Å². The average molecular weight is 361 g/mol. The molecule has 0 saturated heterocycles. The summed E-state index contributed by atoms with van der Waals surface area (Å²) in [6, 6.07) is 15.2. The van der Waals surface area contributed by atoms with Crippen LogP contribution in [0, 0.1) is 0 Å². The Morgan fingerprint density at radius 2 is 1.73 bits per heavy atom. The van der Waals surface area contributed by atoms with Gasteiger partial charge in [-0.15, -0.1) is 0 Å². The van der Waals surface area contributed by atoms with E-state index in [9.17, 15) is 9.59 Å². The number of hydrogen-bond donors (Lipinski definition) is 0. The second-order valence-electron chi connectivity index (χ2n) is 5.01. The Morgan fingerprint density at radius 1 is 1.00 bits per heavy atom. The number of carbonyl (C=O) groups excluding carboxylic acids is 2. The molecule has 0 saturated carbocycles. The van der Waals surface area contributed by atoms with Crippen LogP contribution in [0.15, 0.2) is 53.0 Å². The highest BCUT2D eigenvalue weighted by molar-refractivity contribution is 9.10. The van der Waals surface area contributed by atoms with Crippen molar-refractivity contribution in [2.24, 2.45) is 0 Å². The van der Waals surface area contributed by atoms with Crippen LogP contribution in [0.5, 0.6) is 5.75 Å². The van der Waals surface area contributed by atoms with Gasteiger partial charge in [0.2, 0.25) is 0 Å². The van der Waals surface area contributed by atoms with Gasteiger partial charge in [0, 0.05) is 17.3 Å². The predicted molar refractivity (Wildman–Crippen MR) is 89.2 cm³/mol. The number of rotatable bonds is 7. The molecule has 0 N–H and O–H groups in total. The molecule has 4 heteroatoms. The molecule has 3 nitrogen and oxygen atoms in total. The van der Waals surface area contributed by atoms with Gasteiger partial charge in [-0.05, 0) is 40.5 Å². The molecule has 0 atom stereocenters. The number of ketones is 2. The predicted octanol–water partition coefficient (Wildman–Crippen LogP) is 4.58. The van der Waals surface area contributed by atoms with E-state index in [2.05, 4.69) is 15.9 Å². The molecule has 0 amide bonds. The SMILES string of the molecule is CC(=O)CCC(=O)c1c(Br)cccc1OCc1ccccc1. The van der Waals surface area contributed by atoms with Crippen molar-refractivity contribution in [2.45, 2.75) is 26.4 Å². The van der Waals surface area contributed by atoms with Gasteiger partial charge in [-0.25, -0.2) is 0 Å². The summed E-state index contributed by atoms with van der Waals surface area (Å²) in [5, 5.41) is 0. The monoisotopic (exact) mass is 360 g/mol. The Bertz CT molecular complexity index is 665. The summed E-state index contributed by atoms with van der Waals surface area (Å²) < 4.78 is 6.48. The normalized spacial score (nSPS) is 10.3. The molecule has 0 aromatic heterocycles. The molecular weight excluding hydrogens is 344 g/mol. The lowest BCUT2D eigenvalue weighted by Crippen LogP contribution is -2.07. The van der Waals surface area contributed by atoms with E-state index in [1.807, 2.05) is 36.4 Å². The van der Waals surface area contributed by atoms with Gasteiger partial charge in [0.1, 0.15) is 18.1 Å². The van der Waals surface area contributed by atoms with Crippen LogP contribution in [0.1, 0.15) is 35.7 Å². The highest BCUT2D eigenvalue weighted by Crippen LogP contribution is 2.29. The summed E-state index contributed by atoms with van der Waals surface area (Å²) >= 11 is 3.40. The van der Waals surface area contributed by atoms with E-state index in [1.165, 1.54) is 6.92 Å². The first-order valence-corrected chi connectivity index (χ1v) is 7.85. The zero-order valence-corrected chi connectivity index (χ0v) is 13.9. The van der Waals surface area contributed by atoms with E-state index >= 15 is 0 Å². The third-order valence-corrected chi connectivity index (χ3v) is 3.86. The van der Waals surface area contributed by atoms with Gasteiger partial charge in [0.05, 0.1) is 5.56 Å². The third kappa shape index (κ3) is 4.53. The van der Waals surface area contributed by atoms with Crippen molar-refractivity contribution in [2.75, 3.05) is 0 Å². The Morgan fingerprint density at radius 3 is 2.41 bits per heavy atom. The molecule has 0 aliphatic carbocycles. The van der Waals surface area contributed by atoms with Crippen molar-refractivity contribution >= 4 is 27.5 Å². The van der Waals surface area contributed by atoms with Crippen molar-refractivity contribution in [3.05, 3.63) is 64.1 Å². The molecule has 0 aliphatic heterocycles. The topological polar surface area (TPSA) is 43.4 Å². The highest BCUT2D eigenvalue weighted by Gasteiger charge is 2.16. The number of Topliss-reactive ketones (excluding diaryl/α,β-unsaturated/α-hetero) is 2. The molecule has 0 heterocycles. The van der Waals surface area contributed by atoms with Gasteiger partial charge in [-0.3, -0.25) is 4.79 Å². The van der Waals surface area contributed by atoms with Crippen LogP contribution in [0.3, 0.4) is 0 Å². The summed E-state index contributed by atoms with van der Waals surface area (Å²) in [7, 11) is 0. The molecule has 0 spiro atoms. The number of benzene rings is 2. The van der Waals surface area contributed by atoms with Crippen LogP contribution in [-0.2, 0) is 11.4 Å². The molecule has 0 bridgehead atoms. The van der Waals surface area contributed by atoms with E-state index in [0.29, 0.717) is 22.4 Å². The van der Waals surface area contributed by atoms with E-state index in [4.69, 9.17) is 4.74 Å². The molecule has 2 rings (SSSR count). The Labute approximate surface area is 138 Å². The minimum atomic E-state index is -0.0919. The minimum absolute atomic E-state index is 0.00663. The Kier molecular flexibility index (Phi) is 5.90. The molecule has 0 unspecified atom stereocenters. The standard InChI is InChI=1S/C18H17BrO3/c1-13(20)10-11-16(21)18-15(19)8-5-9-17(18)22-12-14-6-3-2-4-7-14/h2-9H,10-12H2,1H3. The first kappa shape index (κ1) is 16.4. The fourth-order valence-electron chi connectivity index (χ4n) is 2.05. The maximum absolute atomic E-state index is 12.3. The lowest BCUT2D eigenvalue weighted by Gasteiger charge is -2.12. The van der Waals surface area contributed by atoms with Gasteiger partial charge < -0.3 is 9.53 Å². The Balaban J connectivity index is 2.15. The fourth-order valence-corrected chi connectivity index (χ4v) is 2.61. The van der Waals surface area contributed by atoms with Crippen molar-refractivity contribution in [3.63, 3.8) is 0 Å². The third-order valence-electron chi connectivity index (χ3n) is 3.20. The lowest BCUT2D eigenvalue weighted by atomic mass is 10.0. The molecule has 2 aromatic rings. The van der Waals surface area contributed by atoms with Crippen LogP contribution >= 0.6 is 15.9 Å². The van der Waals surface area contributed by atoms with Crippen molar-refractivity contribution < 1.29 is 14.3 Å². The lowest BCUT2D eigenvalue weighted by molar-refractivity contribution is -0.116. The first-order chi connectivity index (χ1) is 10.6. The van der Waals surface area contributed by atoms with Crippen LogP contribution in [0.2, 0.25) is 0 Å². The summed E-state index contributed by atoms with van der Waals surface area (Å²) in [5.74, 6) is 0.449. The summed E-state index contributed by atoms with van der Waals surface area (Å²) in [6.45, 7) is 1.88. The Hall–Kier alpha value is -1.94. The molecule has 2 aromatic carbocycles. The maximum atomic E-state index is 12.3. The molecule has 22 heavy (non-hydrogen) atoms. The minimum Gasteiger partial charge on any atom is -0.488 e. The van der Waals surface area contributed by atoms with E-state index in [-0.39, 0.29) is 24.4 Å². The van der Waals surface area contributed by atoms with Crippen LogP contribution in [-0.4, -0.2) is 11.6 Å². The largest absolute Gasteiger partial charge is 0.488 e. The number of halogens is 1. The molecule has 0 fully saturated rings. The van der Waals surface area contributed by atoms with Crippen molar-refractivity contribution in [1.29, 1.82) is 0 Å². The van der Waals surface area contributed by atoms with E-state index in [0.717, 1.165) is 5.56 Å². The number of carbonyl (C=O) groups is 2. The number of ether oxygens (including phenoxy) is 1. The van der Waals surface area contributed by atoms with Crippen LogP contribution in [0.25, 0.3) is 0 Å². The van der Waals surface area contributed by atoms with Crippen molar-refractivity contribution in [1.82, 2.24) is 0 Å². The zero-order chi connectivity index (χ0) is 15.9. The fraction of sp³-hybridized carbons (Fsp3) is 0.222. The summed E-state index contributed by atoms with van der Waals surface area (Å²) in [6.07, 6.45) is 0.442. The summed E-state index contributed by atoms with van der Waals surface area (Å²) in [5.41, 5.74) is 1.53. The van der Waals surface area contributed by atoms with Crippen LogP contribution < -0.4 is 4.74 Å². The quantitative estimate of drug-likeness (QED) is 0.678. The average Bonchev–Trinajstić information content (AvgIpc) is 2.51. The second kappa shape index (κ2) is 7.90. The smallest absolute Gasteiger partial charge is 0.168 e. The van der Waals surface area contributed by atoms with Gasteiger partial charge in [0.15, 0.2) is 5.78 Å². The molecule has 114 valence electrons. The molecule has 0 radical (unpaired) electrons. The van der Waals surface area contributed by atoms with Crippen molar-refractivity contribution in [3.8, 4) is 5.75 Å². The van der Waals surface area contributed by atoms with Gasteiger partial charge in [0.25, 0.3) is 0 Å². The second-order valence-corrected chi connectivity index (χ2v) is 5.87. The first-order valence-electron chi connectivity index (χ1n) is 7.06. The van der Waals surface area contributed by atoms with Gasteiger partial charge in [-0.2, -0.15) is 0 Å². The maximum Gasteiger partial charge on any atom is 0.168 e. The van der Waals surface area contributed by atoms with Gasteiger partial charge in [-0.1, -0.05) is 36.4 Å². The highest BCUT2D eigenvalue weighted by atomic mass is 79.9. The van der Waals surface area contributed by atoms with E-state index in [1.54, 1.807) is 12.1 Å². The molecular formula is C18H17BrO3. The molecule has 0 aliphatic rings. The van der Waals surface area contributed by atoms with Gasteiger partial charge >= 0.3 is 0 Å². The zero-order valence-electron chi connectivity index (χ0n) is 12.3.